The van der Waals surface area contributed by atoms with Crippen molar-refractivity contribution in [2.24, 2.45) is 0 Å². The number of carbonyl (C=O) groups is 1. The second kappa shape index (κ2) is 6.88. The maximum absolute atomic E-state index is 12.6. The molecule has 1 aliphatic rings. The lowest BCUT2D eigenvalue weighted by Crippen LogP contribution is -2.29. The van der Waals surface area contributed by atoms with Crippen LogP contribution in [0.4, 0.5) is 0 Å². The largest absolute Gasteiger partial charge is 0.496 e. The van der Waals surface area contributed by atoms with E-state index >= 15 is 0 Å². The Balaban J connectivity index is 1.86. The molecule has 2 aromatic rings. The quantitative estimate of drug-likeness (QED) is 0.824. The third kappa shape index (κ3) is 3.63. The normalized spacial score (nSPS) is 15.1. The topological polar surface area (TPSA) is 38.3 Å². The molecule has 4 heteroatoms. The monoisotopic (exact) mass is 313 g/mol. The fourth-order valence-electron chi connectivity index (χ4n) is 2.25. The van der Waals surface area contributed by atoms with E-state index in [0.29, 0.717) is 6.04 Å². The summed E-state index contributed by atoms with van der Waals surface area (Å²) in [5, 5.41) is 2.84. The summed E-state index contributed by atoms with van der Waals surface area (Å²) >= 11 is 1.53. The van der Waals surface area contributed by atoms with Crippen LogP contribution in [0.2, 0.25) is 0 Å². The fraction of sp³-hybridized carbons (Fsp3) is 0.278. The van der Waals surface area contributed by atoms with Crippen LogP contribution >= 0.6 is 11.8 Å². The number of rotatable bonds is 6. The van der Waals surface area contributed by atoms with Gasteiger partial charge in [-0.25, -0.2) is 0 Å². The van der Waals surface area contributed by atoms with E-state index in [-0.39, 0.29) is 11.2 Å². The van der Waals surface area contributed by atoms with Crippen LogP contribution in [0.5, 0.6) is 5.75 Å². The first-order valence-electron chi connectivity index (χ1n) is 7.43. The highest BCUT2D eigenvalue weighted by molar-refractivity contribution is 8.00. The van der Waals surface area contributed by atoms with Crippen LogP contribution in [0.15, 0.2) is 59.5 Å². The molecule has 0 heterocycles. The van der Waals surface area contributed by atoms with E-state index in [4.69, 9.17) is 4.74 Å². The Morgan fingerprint density at radius 1 is 1.14 bits per heavy atom. The summed E-state index contributed by atoms with van der Waals surface area (Å²) < 4.78 is 5.40. The molecule has 2 aromatic carbocycles. The molecule has 3 nitrogen and oxygen atoms in total. The molecule has 0 aromatic heterocycles. The number of ether oxygens (including phenoxy) is 1. The van der Waals surface area contributed by atoms with Crippen LogP contribution in [0.3, 0.4) is 0 Å². The van der Waals surface area contributed by atoms with Crippen molar-refractivity contribution in [3.05, 3.63) is 60.2 Å². The van der Waals surface area contributed by atoms with Crippen molar-refractivity contribution >= 4 is 17.7 Å². The number of methoxy groups -OCH3 is 1. The summed E-state index contributed by atoms with van der Waals surface area (Å²) in [5.74, 6) is 0.872. The highest BCUT2D eigenvalue weighted by atomic mass is 32.2. The molecule has 1 N–H and O–H groups in total. The predicted octanol–water partition coefficient (Wildman–Crippen LogP) is 3.81. The van der Waals surface area contributed by atoms with Crippen LogP contribution < -0.4 is 10.1 Å². The maximum Gasteiger partial charge on any atom is 0.238 e. The summed E-state index contributed by atoms with van der Waals surface area (Å²) in [6, 6.07) is 18.1. The smallest absolute Gasteiger partial charge is 0.238 e. The van der Waals surface area contributed by atoms with Crippen LogP contribution in [0, 0.1) is 0 Å². The number of benzene rings is 2. The van der Waals surface area contributed by atoms with Gasteiger partial charge in [-0.15, -0.1) is 11.8 Å². The molecule has 1 saturated carbocycles. The third-order valence-corrected chi connectivity index (χ3v) is 4.89. The summed E-state index contributed by atoms with van der Waals surface area (Å²) in [7, 11) is 1.65. The highest BCUT2D eigenvalue weighted by Crippen LogP contribution is 2.40. The van der Waals surface area contributed by atoms with E-state index in [1.165, 1.54) is 11.8 Å². The lowest BCUT2D eigenvalue weighted by Gasteiger charge is -2.18. The molecule has 0 saturated heterocycles. The Kier molecular flexibility index (Phi) is 4.68. The van der Waals surface area contributed by atoms with Gasteiger partial charge in [-0.05, 0) is 30.5 Å². The van der Waals surface area contributed by atoms with Crippen molar-refractivity contribution in [1.29, 1.82) is 0 Å². The Morgan fingerprint density at radius 2 is 1.82 bits per heavy atom. The van der Waals surface area contributed by atoms with Gasteiger partial charge in [-0.1, -0.05) is 42.5 Å². The molecule has 0 spiro atoms. The predicted molar refractivity (Wildman–Crippen MR) is 89.2 cm³/mol. The molecule has 1 amide bonds. The number of hydrogen-bond acceptors (Lipinski definition) is 3. The molecular weight excluding hydrogens is 294 g/mol. The molecule has 0 unspecified atom stereocenters. The van der Waals surface area contributed by atoms with E-state index in [2.05, 4.69) is 5.32 Å². The Labute approximate surface area is 135 Å². The lowest BCUT2D eigenvalue weighted by molar-refractivity contribution is -0.120. The molecular formula is C18H19NO2S. The first-order valence-corrected chi connectivity index (χ1v) is 8.31. The van der Waals surface area contributed by atoms with Crippen LogP contribution in [0.25, 0.3) is 0 Å². The van der Waals surface area contributed by atoms with Gasteiger partial charge in [0, 0.05) is 6.04 Å². The Bertz CT molecular complexity index is 641. The number of thioether (sulfide) groups is 1. The molecule has 1 fully saturated rings. The lowest BCUT2D eigenvalue weighted by atomic mass is 10.1. The zero-order valence-corrected chi connectivity index (χ0v) is 13.3. The van der Waals surface area contributed by atoms with Gasteiger partial charge in [-0.3, -0.25) is 4.79 Å². The van der Waals surface area contributed by atoms with Crippen molar-refractivity contribution < 1.29 is 9.53 Å². The number of hydrogen-bond donors (Lipinski definition) is 1. The van der Waals surface area contributed by atoms with Crippen molar-refractivity contribution in [1.82, 2.24) is 5.32 Å². The minimum atomic E-state index is -0.266. The molecule has 22 heavy (non-hydrogen) atoms. The SMILES string of the molecule is COc1ccccc1S[C@@H](C(=O)NC1CC1)c1ccccc1. The van der Waals surface area contributed by atoms with Crippen molar-refractivity contribution in [2.75, 3.05) is 7.11 Å². The standard InChI is InChI=1S/C18H19NO2S/c1-21-15-9-5-6-10-16(15)22-17(13-7-3-2-4-8-13)18(20)19-14-11-12-14/h2-10,14,17H,11-12H2,1H3,(H,19,20)/t17-/m1/s1. The minimum absolute atomic E-state index is 0.0737. The zero-order valence-electron chi connectivity index (χ0n) is 12.5. The van der Waals surface area contributed by atoms with Gasteiger partial charge >= 0.3 is 0 Å². The summed E-state index contributed by atoms with van der Waals surface area (Å²) in [6.07, 6.45) is 2.18. The van der Waals surface area contributed by atoms with E-state index in [1.54, 1.807) is 7.11 Å². The van der Waals surface area contributed by atoms with Crippen molar-refractivity contribution in [3.63, 3.8) is 0 Å². The number of amides is 1. The van der Waals surface area contributed by atoms with Gasteiger partial charge < -0.3 is 10.1 Å². The average molecular weight is 313 g/mol. The number of carbonyl (C=O) groups excluding carboxylic acids is 1. The van der Waals surface area contributed by atoms with E-state index < -0.39 is 0 Å². The molecule has 114 valence electrons. The van der Waals surface area contributed by atoms with Gasteiger partial charge in [0.1, 0.15) is 11.0 Å². The number of nitrogens with one attached hydrogen (secondary N) is 1. The number of para-hydroxylation sites is 1. The maximum atomic E-state index is 12.6. The molecule has 1 aliphatic carbocycles. The zero-order chi connectivity index (χ0) is 15.4. The highest BCUT2D eigenvalue weighted by Gasteiger charge is 2.29. The van der Waals surface area contributed by atoms with Crippen molar-refractivity contribution in [3.8, 4) is 5.75 Å². The second-order valence-electron chi connectivity index (χ2n) is 5.34. The van der Waals surface area contributed by atoms with Gasteiger partial charge in [0.25, 0.3) is 0 Å². The summed E-state index contributed by atoms with van der Waals surface area (Å²) in [6.45, 7) is 0. The summed E-state index contributed by atoms with van der Waals surface area (Å²) in [5.41, 5.74) is 1.01. The Hall–Kier alpha value is -1.94. The molecule has 3 rings (SSSR count). The first kappa shape index (κ1) is 15.0. The van der Waals surface area contributed by atoms with E-state index in [1.807, 2.05) is 54.6 Å². The molecule has 0 bridgehead atoms. The fourth-order valence-corrected chi connectivity index (χ4v) is 3.40. The first-order chi connectivity index (χ1) is 10.8. The summed E-state index contributed by atoms with van der Waals surface area (Å²) in [4.78, 5) is 13.6. The molecule has 0 radical (unpaired) electrons. The van der Waals surface area contributed by atoms with Crippen LogP contribution in [-0.2, 0) is 4.79 Å². The van der Waals surface area contributed by atoms with Crippen molar-refractivity contribution in [2.45, 2.75) is 29.0 Å². The van der Waals surface area contributed by atoms with Gasteiger partial charge in [-0.2, -0.15) is 0 Å². The minimum Gasteiger partial charge on any atom is -0.496 e. The van der Waals surface area contributed by atoms with Gasteiger partial charge in [0.05, 0.1) is 12.0 Å². The van der Waals surface area contributed by atoms with E-state index in [0.717, 1.165) is 29.1 Å². The Morgan fingerprint density at radius 3 is 2.50 bits per heavy atom. The molecule has 0 aliphatic heterocycles. The van der Waals surface area contributed by atoms with Crippen LogP contribution in [-0.4, -0.2) is 19.1 Å². The third-order valence-electron chi connectivity index (χ3n) is 3.58. The second-order valence-corrected chi connectivity index (χ2v) is 6.49. The van der Waals surface area contributed by atoms with Gasteiger partial charge in [0.2, 0.25) is 5.91 Å². The average Bonchev–Trinajstić information content (AvgIpc) is 3.37. The van der Waals surface area contributed by atoms with Gasteiger partial charge in [0.15, 0.2) is 0 Å². The molecule has 1 atom stereocenters. The van der Waals surface area contributed by atoms with Crippen LogP contribution in [0.1, 0.15) is 23.7 Å². The van der Waals surface area contributed by atoms with E-state index in [9.17, 15) is 4.79 Å².